The SMILES string of the molecule is O=C(CN1CCCc2c(NC(=O)c3ccc(F)cc3)cccc21)NCC1CC1. The number of nitrogens with zero attached hydrogens (tertiary/aromatic N) is 1. The van der Waals surface area contributed by atoms with Crippen molar-refractivity contribution < 1.29 is 14.0 Å². The minimum absolute atomic E-state index is 0.0421. The van der Waals surface area contributed by atoms with E-state index in [4.69, 9.17) is 0 Å². The monoisotopic (exact) mass is 381 g/mol. The molecule has 0 atom stereocenters. The number of anilines is 2. The van der Waals surface area contributed by atoms with E-state index in [2.05, 4.69) is 15.5 Å². The van der Waals surface area contributed by atoms with E-state index < -0.39 is 0 Å². The maximum atomic E-state index is 13.1. The average molecular weight is 381 g/mol. The molecule has 6 heteroatoms. The van der Waals surface area contributed by atoms with E-state index in [1.165, 1.54) is 37.1 Å². The number of hydrogen-bond acceptors (Lipinski definition) is 3. The summed E-state index contributed by atoms with van der Waals surface area (Å²) in [7, 11) is 0. The molecule has 0 unspecified atom stereocenters. The molecule has 2 amide bonds. The van der Waals surface area contributed by atoms with Gasteiger partial charge in [0.1, 0.15) is 5.82 Å². The number of hydrogen-bond donors (Lipinski definition) is 2. The number of carbonyl (C=O) groups is 2. The predicted molar refractivity (Wildman–Crippen MR) is 107 cm³/mol. The Balaban J connectivity index is 1.47. The predicted octanol–water partition coefficient (Wildman–Crippen LogP) is 3.36. The Kier molecular flexibility index (Phi) is 5.28. The first-order chi connectivity index (χ1) is 13.6. The van der Waals surface area contributed by atoms with Crippen LogP contribution in [0.4, 0.5) is 15.8 Å². The van der Waals surface area contributed by atoms with Crippen LogP contribution < -0.4 is 15.5 Å². The van der Waals surface area contributed by atoms with Gasteiger partial charge in [0.15, 0.2) is 0 Å². The fourth-order valence-corrected chi connectivity index (χ4v) is 3.59. The Hall–Kier alpha value is -2.89. The molecule has 1 aliphatic carbocycles. The molecule has 1 fully saturated rings. The van der Waals surface area contributed by atoms with Crippen molar-refractivity contribution >= 4 is 23.2 Å². The molecular weight excluding hydrogens is 357 g/mol. The molecular formula is C22H24FN3O2. The summed E-state index contributed by atoms with van der Waals surface area (Å²) in [6, 6.07) is 11.2. The summed E-state index contributed by atoms with van der Waals surface area (Å²) in [5.74, 6) is 0.0586. The second-order valence-corrected chi connectivity index (χ2v) is 7.54. The minimum atomic E-state index is -0.371. The maximum absolute atomic E-state index is 13.1. The molecule has 2 aliphatic rings. The maximum Gasteiger partial charge on any atom is 0.255 e. The highest BCUT2D eigenvalue weighted by molar-refractivity contribution is 6.05. The number of nitrogens with one attached hydrogen (secondary N) is 2. The summed E-state index contributed by atoms with van der Waals surface area (Å²) >= 11 is 0. The van der Waals surface area contributed by atoms with Gasteiger partial charge in [-0.3, -0.25) is 9.59 Å². The summed E-state index contributed by atoms with van der Waals surface area (Å²) in [6.07, 6.45) is 4.19. The number of benzene rings is 2. The van der Waals surface area contributed by atoms with Gasteiger partial charge in [-0.25, -0.2) is 4.39 Å². The van der Waals surface area contributed by atoms with Crippen LogP contribution in [0.1, 0.15) is 35.2 Å². The number of carbonyl (C=O) groups excluding carboxylic acids is 2. The molecule has 2 aromatic carbocycles. The van der Waals surface area contributed by atoms with E-state index in [1.54, 1.807) is 0 Å². The molecule has 0 spiro atoms. The lowest BCUT2D eigenvalue weighted by molar-refractivity contribution is -0.119. The van der Waals surface area contributed by atoms with E-state index in [0.29, 0.717) is 18.0 Å². The topological polar surface area (TPSA) is 61.4 Å². The summed E-state index contributed by atoms with van der Waals surface area (Å²) < 4.78 is 13.1. The highest BCUT2D eigenvalue weighted by Gasteiger charge is 2.24. The van der Waals surface area contributed by atoms with Crippen LogP contribution in [0.3, 0.4) is 0 Å². The third-order valence-corrected chi connectivity index (χ3v) is 5.32. The molecule has 1 saturated carbocycles. The summed E-state index contributed by atoms with van der Waals surface area (Å²) in [6.45, 7) is 1.92. The van der Waals surface area contributed by atoms with Crippen LogP contribution >= 0.6 is 0 Å². The first-order valence-corrected chi connectivity index (χ1v) is 9.80. The van der Waals surface area contributed by atoms with Gasteiger partial charge >= 0.3 is 0 Å². The molecule has 0 aromatic heterocycles. The van der Waals surface area contributed by atoms with Crippen LogP contribution in [-0.4, -0.2) is 31.4 Å². The van der Waals surface area contributed by atoms with E-state index >= 15 is 0 Å². The number of halogens is 1. The van der Waals surface area contributed by atoms with Crippen molar-refractivity contribution in [3.8, 4) is 0 Å². The zero-order valence-corrected chi connectivity index (χ0v) is 15.7. The van der Waals surface area contributed by atoms with Crippen molar-refractivity contribution in [1.82, 2.24) is 5.32 Å². The average Bonchev–Trinajstić information content (AvgIpc) is 3.52. The lowest BCUT2D eigenvalue weighted by Gasteiger charge is -2.32. The molecule has 5 nitrogen and oxygen atoms in total. The van der Waals surface area contributed by atoms with Crippen LogP contribution in [0, 0.1) is 11.7 Å². The van der Waals surface area contributed by atoms with E-state index in [1.807, 2.05) is 18.2 Å². The van der Waals surface area contributed by atoms with Gasteiger partial charge in [-0.2, -0.15) is 0 Å². The quantitative estimate of drug-likeness (QED) is 0.807. The van der Waals surface area contributed by atoms with Crippen LogP contribution in [-0.2, 0) is 11.2 Å². The molecule has 4 rings (SSSR count). The Morgan fingerprint density at radius 3 is 2.64 bits per heavy atom. The molecule has 2 N–H and O–H groups in total. The van der Waals surface area contributed by atoms with E-state index in [0.717, 1.165) is 42.9 Å². The van der Waals surface area contributed by atoms with Gasteiger partial charge in [-0.05, 0) is 73.6 Å². The first-order valence-electron chi connectivity index (χ1n) is 9.80. The van der Waals surface area contributed by atoms with Crippen molar-refractivity contribution in [2.75, 3.05) is 29.9 Å². The van der Waals surface area contributed by atoms with Gasteiger partial charge in [0, 0.05) is 30.0 Å². The Labute approximate surface area is 163 Å². The number of rotatable bonds is 6. The van der Waals surface area contributed by atoms with Crippen LogP contribution in [0.25, 0.3) is 0 Å². The van der Waals surface area contributed by atoms with Crippen LogP contribution in [0.15, 0.2) is 42.5 Å². The highest BCUT2D eigenvalue weighted by Crippen LogP contribution is 2.33. The summed E-state index contributed by atoms with van der Waals surface area (Å²) in [5.41, 5.74) is 3.19. The third-order valence-electron chi connectivity index (χ3n) is 5.32. The Morgan fingerprint density at radius 2 is 1.89 bits per heavy atom. The molecule has 1 heterocycles. The van der Waals surface area contributed by atoms with Crippen LogP contribution in [0.5, 0.6) is 0 Å². The lowest BCUT2D eigenvalue weighted by atomic mass is 9.99. The minimum Gasteiger partial charge on any atom is -0.362 e. The van der Waals surface area contributed by atoms with Crippen LogP contribution in [0.2, 0.25) is 0 Å². The standard InChI is InChI=1S/C22H24FN3O2/c23-17-10-8-16(9-11-17)22(28)25-19-4-1-5-20-18(19)3-2-12-26(20)14-21(27)24-13-15-6-7-15/h1,4-5,8-11,15H,2-3,6-7,12-14H2,(H,24,27)(H,25,28). The van der Waals surface area contributed by atoms with Crippen molar-refractivity contribution in [1.29, 1.82) is 0 Å². The third kappa shape index (κ3) is 4.32. The molecule has 0 radical (unpaired) electrons. The lowest BCUT2D eigenvalue weighted by Crippen LogP contribution is -2.40. The molecule has 1 aliphatic heterocycles. The molecule has 2 aromatic rings. The van der Waals surface area contributed by atoms with E-state index in [-0.39, 0.29) is 17.6 Å². The zero-order chi connectivity index (χ0) is 19.5. The van der Waals surface area contributed by atoms with Gasteiger partial charge < -0.3 is 15.5 Å². The van der Waals surface area contributed by atoms with Gasteiger partial charge in [-0.1, -0.05) is 6.07 Å². The molecule has 28 heavy (non-hydrogen) atoms. The normalized spacial score (nSPS) is 15.7. The summed E-state index contributed by atoms with van der Waals surface area (Å²) in [5, 5.41) is 5.95. The van der Waals surface area contributed by atoms with Gasteiger partial charge in [0.25, 0.3) is 5.91 Å². The smallest absolute Gasteiger partial charge is 0.255 e. The molecule has 0 bridgehead atoms. The number of fused-ring (bicyclic) bond motifs is 1. The molecule has 0 saturated heterocycles. The van der Waals surface area contributed by atoms with Gasteiger partial charge in [-0.15, -0.1) is 0 Å². The Morgan fingerprint density at radius 1 is 1.11 bits per heavy atom. The molecule has 146 valence electrons. The summed E-state index contributed by atoms with van der Waals surface area (Å²) in [4.78, 5) is 26.9. The largest absolute Gasteiger partial charge is 0.362 e. The van der Waals surface area contributed by atoms with Crippen molar-refractivity contribution in [2.24, 2.45) is 5.92 Å². The van der Waals surface area contributed by atoms with E-state index in [9.17, 15) is 14.0 Å². The number of amides is 2. The van der Waals surface area contributed by atoms with Crippen molar-refractivity contribution in [2.45, 2.75) is 25.7 Å². The Bertz CT molecular complexity index is 878. The van der Waals surface area contributed by atoms with Gasteiger partial charge in [0.2, 0.25) is 5.91 Å². The van der Waals surface area contributed by atoms with Gasteiger partial charge in [0.05, 0.1) is 6.54 Å². The van der Waals surface area contributed by atoms with Crippen molar-refractivity contribution in [3.05, 3.63) is 59.4 Å². The zero-order valence-electron chi connectivity index (χ0n) is 15.7. The highest BCUT2D eigenvalue weighted by atomic mass is 19.1. The van der Waals surface area contributed by atoms with Crippen molar-refractivity contribution in [3.63, 3.8) is 0 Å². The fraction of sp³-hybridized carbons (Fsp3) is 0.364. The second kappa shape index (κ2) is 8.00. The second-order valence-electron chi connectivity index (χ2n) is 7.54. The fourth-order valence-electron chi connectivity index (χ4n) is 3.59. The first kappa shape index (κ1) is 18.5.